The fourth-order valence-corrected chi connectivity index (χ4v) is 5.31. The standard InChI is InChI=1S/C21H22N2O3S2/c1-16-10-12-19(13-11-16)23(28(25,26)21-9-6-14-27-21)15-20(24)22-17(2)18-7-4-3-5-8-18/h3-14,17H,15H2,1-2H3,(H,22,24)/t17-/m1/s1. The third kappa shape index (κ3) is 4.61. The molecule has 0 aliphatic rings. The molecule has 3 aromatic rings. The molecule has 0 aliphatic heterocycles. The molecule has 3 rings (SSSR count). The summed E-state index contributed by atoms with van der Waals surface area (Å²) < 4.78 is 27.6. The SMILES string of the molecule is Cc1ccc(N(CC(=O)N[C@H](C)c2ccccc2)S(=O)(=O)c2cccs2)cc1. The minimum absolute atomic E-state index is 0.206. The molecular weight excluding hydrogens is 392 g/mol. The Morgan fingerprint density at radius 2 is 1.71 bits per heavy atom. The van der Waals surface area contributed by atoms with E-state index in [0.29, 0.717) is 5.69 Å². The van der Waals surface area contributed by atoms with Crippen molar-refractivity contribution >= 4 is 33.0 Å². The Bertz CT molecular complexity index is 1020. The molecule has 28 heavy (non-hydrogen) atoms. The zero-order valence-electron chi connectivity index (χ0n) is 15.7. The fraction of sp³-hybridized carbons (Fsp3) is 0.190. The van der Waals surface area contributed by atoms with Crippen LogP contribution in [0.2, 0.25) is 0 Å². The Balaban J connectivity index is 1.85. The van der Waals surface area contributed by atoms with Gasteiger partial charge in [-0.2, -0.15) is 0 Å². The van der Waals surface area contributed by atoms with E-state index in [1.807, 2.05) is 56.3 Å². The number of amides is 1. The van der Waals surface area contributed by atoms with Crippen molar-refractivity contribution in [2.45, 2.75) is 24.1 Å². The molecule has 0 saturated heterocycles. The summed E-state index contributed by atoms with van der Waals surface area (Å²) in [5.41, 5.74) is 2.43. The molecule has 5 nitrogen and oxygen atoms in total. The summed E-state index contributed by atoms with van der Waals surface area (Å²) in [5, 5.41) is 4.59. The first-order valence-corrected chi connectivity index (χ1v) is 11.2. The van der Waals surface area contributed by atoms with Gasteiger partial charge in [0.25, 0.3) is 10.0 Å². The first-order chi connectivity index (χ1) is 13.4. The number of rotatable bonds is 7. The summed E-state index contributed by atoms with van der Waals surface area (Å²) in [4.78, 5) is 12.7. The van der Waals surface area contributed by atoms with Gasteiger partial charge in [0.05, 0.1) is 11.7 Å². The average molecular weight is 415 g/mol. The molecular formula is C21H22N2O3S2. The largest absolute Gasteiger partial charge is 0.348 e. The van der Waals surface area contributed by atoms with Gasteiger partial charge in [0, 0.05) is 0 Å². The van der Waals surface area contributed by atoms with Crippen LogP contribution in [0.3, 0.4) is 0 Å². The fourth-order valence-electron chi connectivity index (χ4n) is 2.79. The number of sulfonamides is 1. The van der Waals surface area contributed by atoms with Gasteiger partial charge in [-0.15, -0.1) is 11.3 Å². The van der Waals surface area contributed by atoms with Crippen molar-refractivity contribution in [2.75, 3.05) is 10.8 Å². The lowest BCUT2D eigenvalue weighted by molar-refractivity contribution is -0.120. The molecule has 2 aromatic carbocycles. The van der Waals surface area contributed by atoms with Crippen LogP contribution in [-0.2, 0) is 14.8 Å². The number of aryl methyl sites for hydroxylation is 1. The number of hydrogen-bond acceptors (Lipinski definition) is 4. The van der Waals surface area contributed by atoms with Crippen LogP contribution in [0.1, 0.15) is 24.1 Å². The van der Waals surface area contributed by atoms with E-state index in [4.69, 9.17) is 0 Å². The second kappa shape index (κ2) is 8.58. The number of thiophene rings is 1. The lowest BCUT2D eigenvalue weighted by Crippen LogP contribution is -2.41. The van der Waals surface area contributed by atoms with E-state index in [9.17, 15) is 13.2 Å². The van der Waals surface area contributed by atoms with Gasteiger partial charge < -0.3 is 5.32 Å². The highest BCUT2D eigenvalue weighted by molar-refractivity contribution is 7.94. The Morgan fingerprint density at radius 1 is 1.04 bits per heavy atom. The minimum Gasteiger partial charge on any atom is -0.348 e. The van der Waals surface area contributed by atoms with E-state index in [2.05, 4.69) is 5.32 Å². The molecule has 0 aliphatic carbocycles. The minimum atomic E-state index is -3.83. The smallest absolute Gasteiger partial charge is 0.274 e. The van der Waals surface area contributed by atoms with E-state index in [0.717, 1.165) is 26.8 Å². The van der Waals surface area contributed by atoms with Gasteiger partial charge in [0.1, 0.15) is 10.8 Å². The zero-order valence-corrected chi connectivity index (χ0v) is 17.3. The average Bonchev–Trinajstić information content (AvgIpc) is 3.23. The Kier molecular flexibility index (Phi) is 6.16. The van der Waals surface area contributed by atoms with Gasteiger partial charge in [-0.1, -0.05) is 54.1 Å². The first kappa shape index (κ1) is 20.1. The van der Waals surface area contributed by atoms with Crippen LogP contribution in [-0.4, -0.2) is 20.9 Å². The predicted octanol–water partition coefficient (Wildman–Crippen LogP) is 4.13. The maximum absolute atomic E-state index is 13.1. The van der Waals surface area contributed by atoms with Crippen molar-refractivity contribution in [3.63, 3.8) is 0 Å². The lowest BCUT2D eigenvalue weighted by atomic mass is 10.1. The second-order valence-electron chi connectivity index (χ2n) is 6.48. The van der Waals surface area contributed by atoms with Crippen molar-refractivity contribution in [1.82, 2.24) is 5.32 Å². The van der Waals surface area contributed by atoms with E-state index in [-0.39, 0.29) is 22.7 Å². The molecule has 1 amide bonds. The molecule has 146 valence electrons. The van der Waals surface area contributed by atoms with Crippen LogP contribution in [0, 0.1) is 6.92 Å². The molecule has 0 spiro atoms. The summed E-state index contributed by atoms with van der Waals surface area (Å²) in [5.74, 6) is -0.364. The topological polar surface area (TPSA) is 66.5 Å². The van der Waals surface area contributed by atoms with Gasteiger partial charge in [-0.25, -0.2) is 8.42 Å². The summed E-state index contributed by atoms with van der Waals surface area (Å²) in [6.45, 7) is 3.51. The molecule has 1 atom stereocenters. The number of benzene rings is 2. The third-order valence-corrected chi connectivity index (χ3v) is 7.47. The highest BCUT2D eigenvalue weighted by Gasteiger charge is 2.28. The van der Waals surface area contributed by atoms with E-state index < -0.39 is 10.0 Å². The molecule has 0 saturated carbocycles. The van der Waals surface area contributed by atoms with E-state index in [1.54, 1.807) is 29.6 Å². The monoisotopic (exact) mass is 414 g/mol. The number of anilines is 1. The number of carbonyl (C=O) groups excluding carboxylic acids is 1. The Labute approximate surface area is 169 Å². The molecule has 0 radical (unpaired) electrons. The molecule has 1 heterocycles. The van der Waals surface area contributed by atoms with Crippen molar-refractivity contribution in [2.24, 2.45) is 0 Å². The molecule has 0 bridgehead atoms. The Morgan fingerprint density at radius 3 is 2.32 bits per heavy atom. The molecule has 1 N–H and O–H groups in total. The Hall–Kier alpha value is -2.64. The normalized spacial score (nSPS) is 12.4. The maximum atomic E-state index is 13.1. The van der Waals surface area contributed by atoms with Gasteiger partial charge in [0.2, 0.25) is 5.91 Å². The number of hydrogen-bond donors (Lipinski definition) is 1. The predicted molar refractivity (Wildman–Crippen MR) is 113 cm³/mol. The van der Waals surface area contributed by atoms with E-state index >= 15 is 0 Å². The summed E-state index contributed by atoms with van der Waals surface area (Å²) >= 11 is 1.13. The highest BCUT2D eigenvalue weighted by Crippen LogP contribution is 2.26. The van der Waals surface area contributed by atoms with Crippen LogP contribution in [0.4, 0.5) is 5.69 Å². The van der Waals surface area contributed by atoms with Crippen molar-refractivity contribution in [1.29, 1.82) is 0 Å². The first-order valence-electron chi connectivity index (χ1n) is 8.85. The molecule has 0 unspecified atom stereocenters. The van der Waals surface area contributed by atoms with Gasteiger partial charge in [-0.05, 0) is 43.0 Å². The molecule has 0 fully saturated rings. The highest BCUT2D eigenvalue weighted by atomic mass is 32.2. The second-order valence-corrected chi connectivity index (χ2v) is 9.52. The van der Waals surface area contributed by atoms with Gasteiger partial charge >= 0.3 is 0 Å². The quantitative estimate of drug-likeness (QED) is 0.632. The maximum Gasteiger partial charge on any atom is 0.274 e. The summed E-state index contributed by atoms with van der Waals surface area (Å²) in [6, 6.07) is 19.7. The summed E-state index contributed by atoms with van der Waals surface area (Å²) in [6.07, 6.45) is 0. The summed E-state index contributed by atoms with van der Waals surface area (Å²) in [7, 11) is -3.83. The molecule has 7 heteroatoms. The van der Waals surface area contributed by atoms with Crippen molar-refractivity contribution in [3.8, 4) is 0 Å². The number of nitrogens with one attached hydrogen (secondary N) is 1. The van der Waals surface area contributed by atoms with Crippen molar-refractivity contribution in [3.05, 3.63) is 83.2 Å². The third-order valence-electron chi connectivity index (χ3n) is 4.33. The van der Waals surface area contributed by atoms with Gasteiger partial charge in [0.15, 0.2) is 0 Å². The number of carbonyl (C=O) groups is 1. The van der Waals surface area contributed by atoms with Gasteiger partial charge in [-0.3, -0.25) is 9.10 Å². The van der Waals surface area contributed by atoms with Crippen LogP contribution < -0.4 is 9.62 Å². The lowest BCUT2D eigenvalue weighted by Gasteiger charge is -2.24. The van der Waals surface area contributed by atoms with Crippen LogP contribution >= 0.6 is 11.3 Å². The van der Waals surface area contributed by atoms with Crippen molar-refractivity contribution < 1.29 is 13.2 Å². The zero-order chi connectivity index (χ0) is 20.1. The van der Waals surface area contributed by atoms with Crippen LogP contribution in [0.15, 0.2) is 76.3 Å². The number of nitrogens with zero attached hydrogens (tertiary/aromatic N) is 1. The van der Waals surface area contributed by atoms with E-state index in [1.165, 1.54) is 0 Å². The molecule has 1 aromatic heterocycles. The van der Waals surface area contributed by atoms with Crippen LogP contribution in [0.5, 0.6) is 0 Å². The van der Waals surface area contributed by atoms with Crippen LogP contribution in [0.25, 0.3) is 0 Å².